The van der Waals surface area contributed by atoms with Crippen LogP contribution in [-0.2, 0) is 14.3 Å². The number of rotatable bonds is 2. The summed E-state index contributed by atoms with van der Waals surface area (Å²) in [4.78, 5) is 24.3. The Bertz CT molecular complexity index is 283. The number of esters is 1. The lowest BCUT2D eigenvalue weighted by atomic mass is 10.2. The van der Waals surface area contributed by atoms with Crippen molar-refractivity contribution in [2.75, 3.05) is 7.11 Å². The lowest BCUT2D eigenvalue weighted by Gasteiger charge is -2.23. The van der Waals surface area contributed by atoms with Gasteiger partial charge in [-0.3, -0.25) is 4.79 Å². The first-order chi connectivity index (χ1) is 6.61. The monoisotopic (exact) mass is 197 g/mol. The zero-order valence-corrected chi connectivity index (χ0v) is 8.74. The van der Waals surface area contributed by atoms with Crippen LogP contribution >= 0.6 is 0 Å². The number of carbonyl (C=O) groups is 2. The second kappa shape index (κ2) is 4.26. The van der Waals surface area contributed by atoms with Crippen LogP contribution in [0.3, 0.4) is 0 Å². The standard InChI is InChI=1S/C10H15NO3/c1-4-7(2)11-8(10(13)14-3)5-6-9(11)12/h4,8H,5-6H2,1-3H3/b7-4+/t8-/m0/s1. The predicted octanol–water partition coefficient (Wildman–Crippen LogP) is 1.07. The molecule has 0 unspecified atom stereocenters. The van der Waals surface area contributed by atoms with E-state index in [1.807, 2.05) is 19.9 Å². The summed E-state index contributed by atoms with van der Waals surface area (Å²) in [6.07, 6.45) is 2.79. The molecule has 0 aliphatic carbocycles. The van der Waals surface area contributed by atoms with Crippen molar-refractivity contribution in [3.05, 3.63) is 11.8 Å². The van der Waals surface area contributed by atoms with Gasteiger partial charge in [0, 0.05) is 12.1 Å². The highest BCUT2D eigenvalue weighted by Crippen LogP contribution is 2.24. The van der Waals surface area contributed by atoms with E-state index in [1.54, 1.807) is 0 Å². The zero-order chi connectivity index (χ0) is 10.7. The minimum Gasteiger partial charge on any atom is -0.467 e. The van der Waals surface area contributed by atoms with Gasteiger partial charge in [0.15, 0.2) is 0 Å². The van der Waals surface area contributed by atoms with E-state index in [-0.39, 0.29) is 11.9 Å². The number of likely N-dealkylation sites (tertiary alicyclic amines) is 1. The fourth-order valence-corrected chi connectivity index (χ4v) is 1.62. The molecule has 1 saturated heterocycles. The third-order valence-electron chi connectivity index (χ3n) is 2.48. The van der Waals surface area contributed by atoms with Crippen molar-refractivity contribution in [1.29, 1.82) is 0 Å². The van der Waals surface area contributed by atoms with E-state index >= 15 is 0 Å². The number of ether oxygens (including phenoxy) is 1. The summed E-state index contributed by atoms with van der Waals surface area (Å²) in [6, 6.07) is -0.427. The number of allylic oxidation sites excluding steroid dienone is 2. The van der Waals surface area contributed by atoms with E-state index in [1.165, 1.54) is 12.0 Å². The highest BCUT2D eigenvalue weighted by Gasteiger charge is 2.37. The van der Waals surface area contributed by atoms with Gasteiger partial charge < -0.3 is 9.64 Å². The van der Waals surface area contributed by atoms with Crippen molar-refractivity contribution in [2.24, 2.45) is 0 Å². The van der Waals surface area contributed by atoms with Crippen molar-refractivity contribution in [1.82, 2.24) is 4.90 Å². The number of hydrogen-bond donors (Lipinski definition) is 0. The molecule has 1 aliphatic rings. The molecule has 0 aromatic heterocycles. The summed E-state index contributed by atoms with van der Waals surface area (Å²) in [5, 5.41) is 0. The molecule has 1 rings (SSSR count). The summed E-state index contributed by atoms with van der Waals surface area (Å²) in [5.74, 6) is -0.340. The Labute approximate surface area is 83.5 Å². The minimum atomic E-state index is -0.427. The van der Waals surface area contributed by atoms with Crippen LogP contribution < -0.4 is 0 Å². The van der Waals surface area contributed by atoms with Crippen LogP contribution in [0.15, 0.2) is 11.8 Å². The predicted molar refractivity (Wildman–Crippen MR) is 51.3 cm³/mol. The van der Waals surface area contributed by atoms with Crippen LogP contribution in [0.1, 0.15) is 26.7 Å². The fourth-order valence-electron chi connectivity index (χ4n) is 1.62. The Morgan fingerprint density at radius 3 is 2.79 bits per heavy atom. The van der Waals surface area contributed by atoms with Crippen LogP contribution in [-0.4, -0.2) is 29.9 Å². The van der Waals surface area contributed by atoms with E-state index in [2.05, 4.69) is 4.74 Å². The molecule has 78 valence electrons. The van der Waals surface area contributed by atoms with E-state index in [0.717, 1.165) is 5.70 Å². The molecule has 0 bridgehead atoms. The Morgan fingerprint density at radius 2 is 2.29 bits per heavy atom. The Morgan fingerprint density at radius 1 is 1.64 bits per heavy atom. The van der Waals surface area contributed by atoms with Crippen molar-refractivity contribution in [3.63, 3.8) is 0 Å². The topological polar surface area (TPSA) is 46.6 Å². The number of hydrogen-bond acceptors (Lipinski definition) is 3. The summed E-state index contributed by atoms with van der Waals surface area (Å²) in [6.45, 7) is 3.66. The van der Waals surface area contributed by atoms with Gasteiger partial charge in [0.05, 0.1) is 7.11 Å². The first-order valence-corrected chi connectivity index (χ1v) is 4.64. The molecule has 4 nitrogen and oxygen atoms in total. The lowest BCUT2D eigenvalue weighted by molar-refractivity contribution is -0.147. The highest BCUT2D eigenvalue weighted by molar-refractivity contribution is 5.89. The Kier molecular flexibility index (Phi) is 3.28. The summed E-state index contributed by atoms with van der Waals surface area (Å²) in [5.41, 5.74) is 0.808. The first-order valence-electron chi connectivity index (χ1n) is 4.64. The molecule has 0 saturated carbocycles. The van der Waals surface area contributed by atoms with E-state index in [0.29, 0.717) is 12.8 Å². The third-order valence-corrected chi connectivity index (χ3v) is 2.48. The molecule has 4 heteroatoms. The van der Waals surface area contributed by atoms with Crippen molar-refractivity contribution in [3.8, 4) is 0 Å². The largest absolute Gasteiger partial charge is 0.467 e. The van der Waals surface area contributed by atoms with E-state index in [9.17, 15) is 9.59 Å². The van der Waals surface area contributed by atoms with Crippen LogP contribution in [0.4, 0.5) is 0 Å². The molecule has 0 aromatic rings. The van der Waals surface area contributed by atoms with Crippen molar-refractivity contribution >= 4 is 11.9 Å². The minimum absolute atomic E-state index is 0.00370. The maximum Gasteiger partial charge on any atom is 0.328 e. The molecule has 0 radical (unpaired) electrons. The maximum absolute atomic E-state index is 11.5. The van der Waals surface area contributed by atoms with Gasteiger partial charge >= 0.3 is 5.97 Å². The van der Waals surface area contributed by atoms with Gasteiger partial charge in [-0.05, 0) is 20.3 Å². The second-order valence-corrected chi connectivity index (χ2v) is 3.27. The van der Waals surface area contributed by atoms with Crippen LogP contribution in [0.2, 0.25) is 0 Å². The Balaban J connectivity index is 2.87. The molecule has 0 N–H and O–H groups in total. The van der Waals surface area contributed by atoms with Crippen molar-refractivity contribution < 1.29 is 14.3 Å². The quantitative estimate of drug-likeness (QED) is 0.622. The lowest BCUT2D eigenvalue weighted by Crippen LogP contribution is -2.37. The molecular formula is C10H15NO3. The normalized spacial score (nSPS) is 22.8. The van der Waals surface area contributed by atoms with Gasteiger partial charge in [-0.1, -0.05) is 6.08 Å². The van der Waals surface area contributed by atoms with Crippen LogP contribution in [0, 0.1) is 0 Å². The average Bonchev–Trinajstić information content (AvgIpc) is 2.58. The summed E-state index contributed by atoms with van der Waals surface area (Å²) >= 11 is 0. The third kappa shape index (κ3) is 1.78. The van der Waals surface area contributed by atoms with Gasteiger partial charge in [0.1, 0.15) is 6.04 Å². The molecule has 0 aromatic carbocycles. The molecule has 1 fully saturated rings. The van der Waals surface area contributed by atoms with Gasteiger partial charge in [-0.25, -0.2) is 4.79 Å². The van der Waals surface area contributed by atoms with Crippen LogP contribution in [0.25, 0.3) is 0 Å². The van der Waals surface area contributed by atoms with Gasteiger partial charge in [-0.2, -0.15) is 0 Å². The zero-order valence-electron chi connectivity index (χ0n) is 8.74. The molecule has 1 amide bonds. The summed E-state index contributed by atoms with van der Waals surface area (Å²) < 4.78 is 4.65. The number of carbonyl (C=O) groups excluding carboxylic acids is 2. The molecule has 1 aliphatic heterocycles. The molecule has 1 heterocycles. The van der Waals surface area contributed by atoms with E-state index < -0.39 is 6.04 Å². The van der Waals surface area contributed by atoms with Gasteiger partial charge in [0.2, 0.25) is 5.91 Å². The average molecular weight is 197 g/mol. The van der Waals surface area contributed by atoms with Crippen LogP contribution in [0.5, 0.6) is 0 Å². The molecule has 0 spiro atoms. The van der Waals surface area contributed by atoms with E-state index in [4.69, 9.17) is 0 Å². The fraction of sp³-hybridized carbons (Fsp3) is 0.600. The highest BCUT2D eigenvalue weighted by atomic mass is 16.5. The SMILES string of the molecule is C/C=C(\C)N1C(=O)CC[C@H]1C(=O)OC. The maximum atomic E-state index is 11.5. The number of amides is 1. The first kappa shape index (κ1) is 10.8. The van der Waals surface area contributed by atoms with Gasteiger partial charge in [0.25, 0.3) is 0 Å². The molecular weight excluding hydrogens is 182 g/mol. The number of nitrogens with zero attached hydrogens (tertiary/aromatic N) is 1. The number of methoxy groups -OCH3 is 1. The van der Waals surface area contributed by atoms with Crippen molar-refractivity contribution in [2.45, 2.75) is 32.7 Å². The van der Waals surface area contributed by atoms with Gasteiger partial charge in [-0.15, -0.1) is 0 Å². The Hall–Kier alpha value is -1.32. The molecule has 14 heavy (non-hydrogen) atoms. The smallest absolute Gasteiger partial charge is 0.328 e. The molecule has 1 atom stereocenters. The summed E-state index contributed by atoms with van der Waals surface area (Å²) in [7, 11) is 1.34. The second-order valence-electron chi connectivity index (χ2n) is 3.27.